The summed E-state index contributed by atoms with van der Waals surface area (Å²) >= 11 is 5.63. The van der Waals surface area contributed by atoms with Crippen molar-refractivity contribution < 1.29 is 26.4 Å². The molecule has 160 valence electrons. The maximum Gasteiger partial charge on any atom is 0.417 e. The average molecular weight is 466 g/mol. The first kappa shape index (κ1) is 21.4. The van der Waals surface area contributed by atoms with E-state index in [1.165, 1.54) is 12.1 Å². The number of benzene rings is 3. The number of carbonyl (C=O) groups is 1. The quantitative estimate of drug-likeness (QED) is 0.494. The average Bonchev–Trinajstić information content (AvgIpc) is 3.14. The van der Waals surface area contributed by atoms with Crippen molar-refractivity contribution in [3.05, 3.63) is 83.9 Å². The third-order valence-electron chi connectivity index (χ3n) is 5.12. The largest absolute Gasteiger partial charge is 0.417 e. The van der Waals surface area contributed by atoms with E-state index in [2.05, 4.69) is 0 Å². The summed E-state index contributed by atoms with van der Waals surface area (Å²) in [5.74, 6) is 0. The van der Waals surface area contributed by atoms with Gasteiger partial charge in [0.25, 0.3) is 10.0 Å². The minimum absolute atomic E-state index is 0.0127. The van der Waals surface area contributed by atoms with Gasteiger partial charge in [-0.2, -0.15) is 13.2 Å². The molecule has 1 aliphatic heterocycles. The number of fused-ring (bicyclic) bond motifs is 1. The third-order valence-corrected chi connectivity index (χ3v) is 7.25. The molecule has 1 aliphatic rings. The van der Waals surface area contributed by atoms with Crippen molar-refractivity contribution in [2.45, 2.75) is 23.5 Å². The Morgan fingerprint density at radius 1 is 0.935 bits per heavy atom. The van der Waals surface area contributed by atoms with E-state index in [9.17, 15) is 26.4 Å². The molecule has 0 spiro atoms. The second-order valence-corrected chi connectivity index (χ2v) is 9.18. The van der Waals surface area contributed by atoms with Crippen LogP contribution >= 0.6 is 11.6 Å². The molecule has 0 saturated carbocycles. The Bertz CT molecular complexity index is 1260. The number of sulfonamides is 1. The first-order chi connectivity index (χ1) is 14.6. The highest BCUT2D eigenvalue weighted by atomic mass is 35.5. The summed E-state index contributed by atoms with van der Waals surface area (Å²) < 4.78 is 69.4. The zero-order valence-electron chi connectivity index (χ0n) is 15.8. The van der Waals surface area contributed by atoms with Crippen LogP contribution < -0.4 is 4.31 Å². The van der Waals surface area contributed by atoms with Crippen molar-refractivity contribution in [2.75, 3.05) is 4.31 Å². The fourth-order valence-electron chi connectivity index (χ4n) is 3.72. The van der Waals surface area contributed by atoms with E-state index in [4.69, 9.17) is 11.6 Å². The fourth-order valence-corrected chi connectivity index (χ4v) is 5.80. The topological polar surface area (TPSA) is 54.5 Å². The van der Waals surface area contributed by atoms with Crippen LogP contribution in [0.3, 0.4) is 0 Å². The maximum absolute atomic E-state index is 13.9. The zero-order valence-corrected chi connectivity index (χ0v) is 17.4. The lowest BCUT2D eigenvalue weighted by atomic mass is 10.0. The first-order valence-electron chi connectivity index (χ1n) is 9.19. The molecule has 1 heterocycles. The van der Waals surface area contributed by atoms with Gasteiger partial charge in [-0.25, -0.2) is 8.42 Å². The number of para-hydroxylation sites is 1. The highest BCUT2D eigenvalue weighted by Gasteiger charge is 2.45. The van der Waals surface area contributed by atoms with Gasteiger partial charge in [0.15, 0.2) is 0 Å². The number of hydrogen-bond acceptors (Lipinski definition) is 3. The van der Waals surface area contributed by atoms with Crippen LogP contribution in [-0.2, 0) is 27.4 Å². The molecule has 4 rings (SSSR count). The lowest BCUT2D eigenvalue weighted by Gasteiger charge is -2.26. The number of rotatable bonds is 4. The molecule has 0 N–H and O–H groups in total. The highest BCUT2D eigenvalue weighted by Crippen LogP contribution is 2.42. The normalized spacial score (nSPS) is 16.3. The molecule has 0 saturated heterocycles. The molecular formula is C22H15ClF3NO3S. The Balaban J connectivity index is 1.91. The SMILES string of the molecule is O=C(Cl)[C@@H]1Cc2ccccc2N1S(=O)(=O)c1ccc(-c2ccccc2)cc1C(F)(F)F. The van der Waals surface area contributed by atoms with Crippen LogP contribution in [0.5, 0.6) is 0 Å². The molecule has 0 unspecified atom stereocenters. The van der Waals surface area contributed by atoms with Crippen LogP contribution in [0.4, 0.5) is 18.9 Å². The summed E-state index contributed by atoms with van der Waals surface area (Å²) in [4.78, 5) is 11.0. The first-order valence-corrected chi connectivity index (χ1v) is 11.0. The number of carbonyl (C=O) groups excluding carboxylic acids is 1. The number of alkyl halides is 3. The van der Waals surface area contributed by atoms with E-state index in [1.807, 2.05) is 0 Å². The lowest BCUT2D eigenvalue weighted by Crippen LogP contribution is -2.41. The molecule has 31 heavy (non-hydrogen) atoms. The lowest BCUT2D eigenvalue weighted by molar-refractivity contribution is -0.139. The van der Waals surface area contributed by atoms with Gasteiger partial charge < -0.3 is 0 Å². The second-order valence-electron chi connectivity index (χ2n) is 7.03. The predicted octanol–water partition coefficient (Wildman–Crippen LogP) is 5.26. The van der Waals surface area contributed by atoms with Crippen molar-refractivity contribution in [1.82, 2.24) is 0 Å². The summed E-state index contributed by atoms with van der Waals surface area (Å²) in [6.07, 6.45) is -4.95. The van der Waals surface area contributed by atoms with Gasteiger partial charge in [0.2, 0.25) is 5.24 Å². The van der Waals surface area contributed by atoms with E-state index in [-0.39, 0.29) is 17.7 Å². The van der Waals surface area contributed by atoms with Gasteiger partial charge in [0, 0.05) is 6.42 Å². The Morgan fingerprint density at radius 3 is 2.23 bits per heavy atom. The predicted molar refractivity (Wildman–Crippen MR) is 111 cm³/mol. The minimum atomic E-state index is -4.94. The zero-order chi connectivity index (χ0) is 22.4. The third kappa shape index (κ3) is 3.81. The van der Waals surface area contributed by atoms with Crippen molar-refractivity contribution in [3.63, 3.8) is 0 Å². The summed E-state index contributed by atoms with van der Waals surface area (Å²) in [5.41, 5.74) is 0.0799. The molecule has 1 atom stereocenters. The molecule has 4 nitrogen and oxygen atoms in total. The number of halogens is 4. The molecule has 0 aromatic heterocycles. The smallest absolute Gasteiger partial charge is 0.279 e. The van der Waals surface area contributed by atoms with E-state index in [0.717, 1.165) is 12.1 Å². The molecular weight excluding hydrogens is 451 g/mol. The number of anilines is 1. The van der Waals surface area contributed by atoms with Crippen molar-refractivity contribution in [1.29, 1.82) is 0 Å². The minimum Gasteiger partial charge on any atom is -0.279 e. The van der Waals surface area contributed by atoms with Crippen LogP contribution in [0, 0.1) is 0 Å². The van der Waals surface area contributed by atoms with Crippen molar-refractivity contribution in [2.24, 2.45) is 0 Å². The van der Waals surface area contributed by atoms with Crippen LogP contribution in [0.1, 0.15) is 11.1 Å². The molecule has 9 heteroatoms. The Morgan fingerprint density at radius 2 is 1.58 bits per heavy atom. The monoisotopic (exact) mass is 465 g/mol. The van der Waals surface area contributed by atoms with Gasteiger partial charge in [-0.15, -0.1) is 0 Å². The molecule has 0 aliphatic carbocycles. The summed E-state index contributed by atoms with van der Waals surface area (Å²) in [6.45, 7) is 0. The van der Waals surface area contributed by atoms with Gasteiger partial charge in [-0.05, 0) is 46.5 Å². The fraction of sp³-hybridized carbons (Fsp3) is 0.136. The van der Waals surface area contributed by atoms with E-state index < -0.39 is 37.9 Å². The molecule has 3 aromatic carbocycles. The number of nitrogens with zero attached hydrogens (tertiary/aromatic N) is 1. The molecule has 0 fully saturated rings. The molecule has 0 amide bonds. The molecule has 0 radical (unpaired) electrons. The van der Waals surface area contributed by atoms with E-state index >= 15 is 0 Å². The van der Waals surface area contributed by atoms with Crippen LogP contribution in [0.15, 0.2) is 77.7 Å². The van der Waals surface area contributed by atoms with Gasteiger partial charge >= 0.3 is 6.18 Å². The number of hydrogen-bond donors (Lipinski definition) is 0. The standard InChI is InChI=1S/C22H15ClF3NO3S/c23-21(28)19-13-16-8-4-5-9-18(16)27(19)31(29,30)20-11-10-15(12-17(20)22(24,25)26)14-6-2-1-3-7-14/h1-12,19H,13H2/t19-/m0/s1. The maximum atomic E-state index is 13.9. The van der Waals surface area contributed by atoms with Crippen LogP contribution in [0.25, 0.3) is 11.1 Å². The molecule has 3 aromatic rings. The summed E-state index contributed by atoms with van der Waals surface area (Å²) in [7, 11) is -4.75. The summed E-state index contributed by atoms with van der Waals surface area (Å²) in [5, 5.41) is -0.964. The Kier molecular flexibility index (Phi) is 5.31. The van der Waals surface area contributed by atoms with Crippen molar-refractivity contribution in [3.8, 4) is 11.1 Å². The Hall–Kier alpha value is -2.84. The van der Waals surface area contributed by atoms with E-state index in [1.54, 1.807) is 48.5 Å². The second kappa shape index (κ2) is 7.69. The van der Waals surface area contributed by atoms with Crippen LogP contribution in [-0.4, -0.2) is 19.7 Å². The van der Waals surface area contributed by atoms with E-state index in [0.29, 0.717) is 15.4 Å². The Labute approximate surface area is 181 Å². The van der Waals surface area contributed by atoms with Gasteiger partial charge in [0.05, 0.1) is 16.1 Å². The van der Waals surface area contributed by atoms with Gasteiger partial charge in [-0.3, -0.25) is 9.10 Å². The molecule has 0 bridgehead atoms. The highest BCUT2D eigenvalue weighted by molar-refractivity contribution is 7.93. The van der Waals surface area contributed by atoms with Crippen molar-refractivity contribution >= 4 is 32.6 Å². The van der Waals surface area contributed by atoms with Crippen LogP contribution in [0.2, 0.25) is 0 Å². The van der Waals surface area contributed by atoms with Gasteiger partial charge in [-0.1, -0.05) is 54.6 Å². The van der Waals surface area contributed by atoms with Gasteiger partial charge in [0.1, 0.15) is 6.04 Å². The summed E-state index contributed by atoms with van der Waals surface area (Å²) in [6, 6.07) is 16.3.